The summed E-state index contributed by atoms with van der Waals surface area (Å²) in [7, 11) is 1.64. The molecule has 3 aromatic rings. The van der Waals surface area contributed by atoms with Crippen LogP contribution in [-0.2, 0) is 17.9 Å². The first-order valence-corrected chi connectivity index (χ1v) is 9.72. The Morgan fingerprint density at radius 2 is 1.86 bits per heavy atom. The van der Waals surface area contributed by atoms with E-state index in [1.807, 2.05) is 29.2 Å². The number of rotatable bonds is 5. The fraction of sp³-hybridized carbons (Fsp3) is 0.348. The Labute approximate surface area is 165 Å². The maximum atomic E-state index is 13.1. The highest BCUT2D eigenvalue weighted by Crippen LogP contribution is 2.28. The fourth-order valence-electron chi connectivity index (χ4n) is 3.88. The van der Waals surface area contributed by atoms with E-state index in [0.717, 1.165) is 36.2 Å². The van der Waals surface area contributed by atoms with Gasteiger partial charge in [-0.15, -0.1) is 0 Å². The molecule has 4 rings (SSSR count). The molecular formula is C23H26N2O3. The molecule has 0 atom stereocenters. The van der Waals surface area contributed by atoms with Gasteiger partial charge >= 0.3 is 0 Å². The molecule has 1 saturated heterocycles. The Kier molecular flexibility index (Phi) is 5.46. The molecule has 0 bridgehead atoms. The van der Waals surface area contributed by atoms with Crippen LogP contribution >= 0.6 is 0 Å². The molecule has 0 aliphatic carbocycles. The highest BCUT2D eigenvalue weighted by molar-refractivity contribution is 5.99. The maximum Gasteiger partial charge on any atom is 0.290 e. The lowest BCUT2D eigenvalue weighted by atomic mass is 10.1. The van der Waals surface area contributed by atoms with Crippen LogP contribution in [0.25, 0.3) is 11.0 Å². The molecule has 0 spiro atoms. The van der Waals surface area contributed by atoms with E-state index in [-0.39, 0.29) is 5.91 Å². The number of aryl methyl sites for hydroxylation is 1. The number of hydrogen-bond donors (Lipinski definition) is 0. The monoisotopic (exact) mass is 378 g/mol. The van der Waals surface area contributed by atoms with E-state index in [4.69, 9.17) is 9.15 Å². The SMILES string of the molecule is COCc1c(C(=O)N2CCN(Cc3cccc(C)c3)CC2)oc2ccccc12. The van der Waals surface area contributed by atoms with Gasteiger partial charge in [-0.2, -0.15) is 0 Å². The molecule has 1 fully saturated rings. The van der Waals surface area contributed by atoms with Gasteiger partial charge < -0.3 is 14.1 Å². The summed E-state index contributed by atoms with van der Waals surface area (Å²) in [6, 6.07) is 16.3. The molecule has 2 heterocycles. The number of methoxy groups -OCH3 is 1. The predicted molar refractivity (Wildman–Crippen MR) is 109 cm³/mol. The molecule has 1 amide bonds. The van der Waals surface area contributed by atoms with Crippen LogP contribution in [0.15, 0.2) is 52.9 Å². The lowest BCUT2D eigenvalue weighted by molar-refractivity contribution is 0.0594. The second-order valence-corrected chi connectivity index (χ2v) is 7.40. The molecule has 28 heavy (non-hydrogen) atoms. The first-order valence-electron chi connectivity index (χ1n) is 9.72. The molecule has 1 aliphatic rings. The highest BCUT2D eigenvalue weighted by atomic mass is 16.5. The molecule has 146 valence electrons. The molecular weight excluding hydrogens is 352 g/mol. The summed E-state index contributed by atoms with van der Waals surface area (Å²) >= 11 is 0. The molecule has 2 aromatic carbocycles. The molecule has 0 N–H and O–H groups in total. The van der Waals surface area contributed by atoms with E-state index >= 15 is 0 Å². The third-order valence-corrected chi connectivity index (χ3v) is 5.33. The van der Waals surface area contributed by atoms with Gasteiger partial charge in [0.1, 0.15) is 5.58 Å². The number of para-hydroxylation sites is 1. The third-order valence-electron chi connectivity index (χ3n) is 5.33. The summed E-state index contributed by atoms with van der Waals surface area (Å²) in [4.78, 5) is 17.4. The highest BCUT2D eigenvalue weighted by Gasteiger charge is 2.27. The van der Waals surface area contributed by atoms with Crippen molar-refractivity contribution in [1.29, 1.82) is 0 Å². The lowest BCUT2D eigenvalue weighted by Gasteiger charge is -2.34. The van der Waals surface area contributed by atoms with Crippen LogP contribution < -0.4 is 0 Å². The average Bonchev–Trinajstić information content (AvgIpc) is 3.07. The van der Waals surface area contributed by atoms with Gasteiger partial charge in [-0.05, 0) is 18.6 Å². The number of fused-ring (bicyclic) bond motifs is 1. The minimum absolute atomic E-state index is 0.0431. The number of nitrogens with zero attached hydrogens (tertiary/aromatic N) is 2. The summed E-state index contributed by atoms with van der Waals surface area (Å²) in [5, 5.41) is 0.950. The van der Waals surface area contributed by atoms with Gasteiger partial charge in [0.25, 0.3) is 5.91 Å². The van der Waals surface area contributed by atoms with E-state index in [1.54, 1.807) is 7.11 Å². The number of furan rings is 1. The Balaban J connectivity index is 1.45. The van der Waals surface area contributed by atoms with E-state index in [0.29, 0.717) is 25.5 Å². The van der Waals surface area contributed by atoms with Gasteiger partial charge in [-0.3, -0.25) is 9.69 Å². The smallest absolute Gasteiger partial charge is 0.290 e. The van der Waals surface area contributed by atoms with Crippen LogP contribution in [0.1, 0.15) is 27.2 Å². The second kappa shape index (κ2) is 8.17. The molecule has 5 heteroatoms. The van der Waals surface area contributed by atoms with Crippen molar-refractivity contribution in [3.63, 3.8) is 0 Å². The second-order valence-electron chi connectivity index (χ2n) is 7.40. The van der Waals surface area contributed by atoms with Crippen molar-refractivity contribution in [2.45, 2.75) is 20.1 Å². The standard InChI is InChI=1S/C23H26N2O3/c1-17-6-5-7-18(14-17)15-24-10-12-25(13-11-24)23(26)22-20(16-27-2)19-8-3-4-9-21(19)28-22/h3-9,14H,10-13,15-16H2,1-2H3. The van der Waals surface area contributed by atoms with Crippen molar-refractivity contribution in [3.8, 4) is 0 Å². The quantitative estimate of drug-likeness (QED) is 0.677. The lowest BCUT2D eigenvalue weighted by Crippen LogP contribution is -2.48. The number of carbonyl (C=O) groups excluding carboxylic acids is 1. The van der Waals surface area contributed by atoms with Crippen LogP contribution in [0.4, 0.5) is 0 Å². The molecule has 0 saturated carbocycles. The Morgan fingerprint density at radius 3 is 2.61 bits per heavy atom. The van der Waals surface area contributed by atoms with Crippen LogP contribution in [0.5, 0.6) is 0 Å². The first kappa shape index (κ1) is 18.7. The zero-order valence-electron chi connectivity index (χ0n) is 16.5. The summed E-state index contributed by atoms with van der Waals surface area (Å²) in [6.45, 7) is 6.53. The normalized spacial score (nSPS) is 15.3. The van der Waals surface area contributed by atoms with E-state index < -0.39 is 0 Å². The van der Waals surface area contributed by atoms with Crippen molar-refractivity contribution in [1.82, 2.24) is 9.80 Å². The molecule has 1 aromatic heterocycles. The van der Waals surface area contributed by atoms with Gasteiger partial charge in [-0.25, -0.2) is 0 Å². The number of piperazine rings is 1. The molecule has 1 aliphatic heterocycles. The van der Waals surface area contributed by atoms with Crippen molar-refractivity contribution in [3.05, 3.63) is 71.0 Å². The van der Waals surface area contributed by atoms with Crippen LogP contribution in [-0.4, -0.2) is 49.0 Å². The number of ether oxygens (including phenoxy) is 1. The first-order chi connectivity index (χ1) is 13.7. The number of hydrogen-bond acceptors (Lipinski definition) is 4. The number of carbonyl (C=O) groups is 1. The Morgan fingerprint density at radius 1 is 1.07 bits per heavy atom. The third kappa shape index (κ3) is 3.81. The summed E-state index contributed by atoms with van der Waals surface area (Å²) < 4.78 is 11.2. The zero-order chi connectivity index (χ0) is 19.5. The fourth-order valence-corrected chi connectivity index (χ4v) is 3.88. The summed E-state index contributed by atoms with van der Waals surface area (Å²) in [5.74, 6) is 0.369. The summed E-state index contributed by atoms with van der Waals surface area (Å²) in [5.41, 5.74) is 4.17. The summed E-state index contributed by atoms with van der Waals surface area (Å²) in [6.07, 6.45) is 0. The van der Waals surface area contributed by atoms with Crippen molar-refractivity contribution >= 4 is 16.9 Å². The van der Waals surface area contributed by atoms with Crippen LogP contribution in [0.3, 0.4) is 0 Å². The van der Waals surface area contributed by atoms with Gasteiger partial charge in [-0.1, -0.05) is 48.0 Å². The average molecular weight is 378 g/mol. The molecule has 0 radical (unpaired) electrons. The number of benzene rings is 2. The zero-order valence-corrected chi connectivity index (χ0v) is 16.5. The van der Waals surface area contributed by atoms with E-state index in [2.05, 4.69) is 36.1 Å². The van der Waals surface area contributed by atoms with E-state index in [1.165, 1.54) is 11.1 Å². The molecule has 0 unspecified atom stereocenters. The minimum Gasteiger partial charge on any atom is -0.451 e. The van der Waals surface area contributed by atoms with Gasteiger partial charge in [0.15, 0.2) is 5.76 Å². The topological polar surface area (TPSA) is 45.9 Å². The Bertz CT molecular complexity index is 971. The van der Waals surface area contributed by atoms with E-state index in [9.17, 15) is 4.79 Å². The predicted octanol–water partition coefficient (Wildman–Crippen LogP) is 3.85. The van der Waals surface area contributed by atoms with Crippen molar-refractivity contribution < 1.29 is 13.9 Å². The van der Waals surface area contributed by atoms with Crippen molar-refractivity contribution in [2.75, 3.05) is 33.3 Å². The largest absolute Gasteiger partial charge is 0.451 e. The van der Waals surface area contributed by atoms with Gasteiger partial charge in [0.2, 0.25) is 0 Å². The minimum atomic E-state index is -0.0431. The van der Waals surface area contributed by atoms with Crippen LogP contribution in [0.2, 0.25) is 0 Å². The maximum absolute atomic E-state index is 13.1. The van der Waals surface area contributed by atoms with Crippen LogP contribution in [0, 0.1) is 6.92 Å². The van der Waals surface area contributed by atoms with Crippen molar-refractivity contribution in [2.24, 2.45) is 0 Å². The van der Waals surface area contributed by atoms with Gasteiger partial charge in [0, 0.05) is 50.8 Å². The molecule has 5 nitrogen and oxygen atoms in total. The Hall–Kier alpha value is -2.63. The van der Waals surface area contributed by atoms with Gasteiger partial charge in [0.05, 0.1) is 6.61 Å². The number of amides is 1.